The van der Waals surface area contributed by atoms with E-state index in [1.54, 1.807) is 0 Å². The maximum atomic E-state index is 0. The van der Waals surface area contributed by atoms with Crippen LogP contribution in [0.2, 0.25) is 0 Å². The Labute approximate surface area is 390 Å². The third kappa shape index (κ3) is 128. The molecule has 0 aromatic rings. The van der Waals surface area contributed by atoms with Gasteiger partial charge < -0.3 is 59.4 Å². The molecule has 18 heteroatoms. The topological polar surface area (TPSA) is 0 Å². The number of rotatable bonds is 0. The van der Waals surface area contributed by atoms with E-state index < -0.39 is 0 Å². The summed E-state index contributed by atoms with van der Waals surface area (Å²) in [7, 11) is 0. The van der Waals surface area contributed by atoms with Gasteiger partial charge in [0.25, 0.3) is 0 Å². The van der Waals surface area contributed by atoms with Crippen molar-refractivity contribution in [3.8, 4) is 0 Å². The summed E-state index contributed by atoms with van der Waals surface area (Å²) < 4.78 is 0. The summed E-state index contributed by atoms with van der Waals surface area (Å²) in [5, 5.41) is 0. The van der Waals surface area contributed by atoms with Crippen LogP contribution in [-0.4, -0.2) is 47.8 Å². The summed E-state index contributed by atoms with van der Waals surface area (Å²) in [5.74, 6) is 0. The molecule has 0 atom stereocenters. The quantitative estimate of drug-likeness (QED) is 0.180. The van der Waals surface area contributed by atoms with Crippen LogP contribution in [-0.2, 0) is 0 Å². The maximum Gasteiger partial charge on any atom is 4.00 e. The Kier molecular flexibility index (Phi) is 1220. The maximum absolute atomic E-state index is 0. The van der Waals surface area contributed by atoms with Crippen molar-refractivity contribution in [1.82, 2.24) is 0 Å². The van der Waals surface area contributed by atoms with Crippen molar-refractivity contribution in [2.24, 2.45) is 0 Å². The molecule has 0 nitrogen and oxygen atoms in total. The predicted octanol–water partition coefficient (Wildman–Crippen LogP) is -25.6. The van der Waals surface area contributed by atoms with Crippen LogP contribution in [0, 0.1) is 0 Å². The van der Waals surface area contributed by atoms with E-state index in [1.807, 2.05) is 0 Å². The van der Waals surface area contributed by atoms with E-state index >= 15 is 0 Å². The number of hydrogen-bond acceptors (Lipinski definition) is 0. The molecular weight excluding hydrogens is 653 g/mol. The molecule has 0 amide bonds. The van der Waals surface area contributed by atoms with Crippen LogP contribution in [0.25, 0.3) is 0 Å². The summed E-state index contributed by atoms with van der Waals surface area (Å²) in [4.78, 5) is 0. The monoisotopic (exact) mass is 656 g/mol. The first-order valence-electron chi connectivity index (χ1n) is 0. The summed E-state index contributed by atoms with van der Waals surface area (Å²) in [5.41, 5.74) is 0. The Balaban J connectivity index is 0. The van der Waals surface area contributed by atoms with Crippen molar-refractivity contribution in [3.05, 3.63) is 0 Å². The molecule has 0 rings (SSSR count). The van der Waals surface area contributed by atoms with E-state index in [-0.39, 0.29) is 403 Å². The molecule has 0 saturated heterocycles. The molecule has 0 saturated carbocycles. The second kappa shape index (κ2) is 141. The molecular formula is Na10P6Sn2. The predicted molar refractivity (Wildman–Crippen MR) is 53.0 cm³/mol. The average Bonchev–Trinajstić information content (AvgIpc) is 0. The third-order valence-corrected chi connectivity index (χ3v) is 0. The van der Waals surface area contributed by atoms with Gasteiger partial charge in [0.15, 0.2) is 0 Å². The van der Waals surface area contributed by atoms with Crippen LogP contribution >= 0.6 is 59.4 Å². The van der Waals surface area contributed by atoms with E-state index in [0.717, 1.165) is 0 Å². The zero-order valence-electron chi connectivity index (χ0n) is 13.7. The van der Waals surface area contributed by atoms with Gasteiger partial charge in [0.2, 0.25) is 0 Å². The zero-order chi connectivity index (χ0) is 0. The van der Waals surface area contributed by atoms with Gasteiger partial charge in [0.05, 0.1) is 0 Å². The molecule has 0 heterocycles. The average molecular weight is 653 g/mol. The third-order valence-electron chi connectivity index (χ3n) is 0. The first-order valence-corrected chi connectivity index (χ1v) is 0. The van der Waals surface area contributed by atoms with Crippen molar-refractivity contribution in [3.63, 3.8) is 0 Å². The smallest absolute Gasteiger partial charge is 3.00 e. The van der Waals surface area contributed by atoms with Crippen molar-refractivity contribution >= 4 is 107 Å². The van der Waals surface area contributed by atoms with Gasteiger partial charge in [-0.25, -0.2) is 0 Å². The van der Waals surface area contributed by atoms with Crippen LogP contribution in [0.1, 0.15) is 0 Å². The molecule has 0 aromatic heterocycles. The van der Waals surface area contributed by atoms with Gasteiger partial charge in [0.1, 0.15) is 0 Å². The molecule has 0 unspecified atom stereocenters. The summed E-state index contributed by atoms with van der Waals surface area (Å²) in [6.45, 7) is 0. The van der Waals surface area contributed by atoms with Gasteiger partial charge in [-0.3, -0.25) is 0 Å². The standard InChI is InChI=1S/10Na.6P.2Sn/q10*+1;6*-3;2*+4. The van der Waals surface area contributed by atoms with Gasteiger partial charge in [-0.1, -0.05) is 0 Å². The fourth-order valence-corrected chi connectivity index (χ4v) is 0. The van der Waals surface area contributed by atoms with Gasteiger partial charge in [-0.05, 0) is 0 Å². The Morgan fingerprint density at radius 2 is 0.167 bits per heavy atom. The normalized spacial score (nSPS) is 0. The summed E-state index contributed by atoms with van der Waals surface area (Å²) >= 11 is 0. The molecule has 0 aliphatic heterocycles. The van der Waals surface area contributed by atoms with Gasteiger partial charge in [0, 0.05) is 0 Å². The molecule has 0 radical (unpaired) electrons. The SMILES string of the molecule is [Na+].[Na+].[Na+].[Na+].[Na+].[Na+].[Na+].[Na+].[Na+].[Na+].[P-3].[P-3].[P-3].[P-3].[P-3].[P-3].[Sn+4].[Sn+4]. The molecule has 0 aromatic carbocycles. The van der Waals surface area contributed by atoms with E-state index in [0.29, 0.717) is 0 Å². The minimum absolute atomic E-state index is 0. The largest absolute Gasteiger partial charge is 4.00 e. The minimum atomic E-state index is 0. The minimum Gasteiger partial charge on any atom is -3.00 e. The molecule has 0 N–H and O–H groups in total. The molecule has 0 aliphatic rings. The van der Waals surface area contributed by atoms with Crippen molar-refractivity contribution in [2.75, 3.05) is 0 Å². The van der Waals surface area contributed by atoms with Gasteiger partial charge in [-0.15, -0.1) is 0 Å². The first-order chi connectivity index (χ1) is 0. The van der Waals surface area contributed by atoms with Crippen LogP contribution in [0.3, 0.4) is 0 Å². The molecule has 0 fully saturated rings. The Morgan fingerprint density at radius 3 is 0.167 bits per heavy atom. The fourth-order valence-electron chi connectivity index (χ4n) is 0. The molecule has 0 spiro atoms. The van der Waals surface area contributed by atoms with Crippen molar-refractivity contribution in [1.29, 1.82) is 0 Å². The van der Waals surface area contributed by atoms with E-state index in [9.17, 15) is 0 Å². The van der Waals surface area contributed by atoms with Gasteiger partial charge >= 0.3 is 343 Å². The van der Waals surface area contributed by atoms with Crippen LogP contribution in [0.4, 0.5) is 0 Å². The first kappa shape index (κ1) is 156. The van der Waals surface area contributed by atoms with Gasteiger partial charge in [-0.2, -0.15) is 0 Å². The van der Waals surface area contributed by atoms with Crippen LogP contribution in [0.5, 0.6) is 0 Å². The Morgan fingerprint density at radius 1 is 0.167 bits per heavy atom. The summed E-state index contributed by atoms with van der Waals surface area (Å²) in [6, 6.07) is 0. The second-order valence-electron chi connectivity index (χ2n) is 0. The molecule has 0 bridgehead atoms. The molecule has 18 heavy (non-hydrogen) atoms. The van der Waals surface area contributed by atoms with E-state index in [4.69, 9.17) is 0 Å². The van der Waals surface area contributed by atoms with Crippen molar-refractivity contribution in [2.45, 2.75) is 0 Å². The second-order valence-corrected chi connectivity index (χ2v) is 0. The Bertz CT molecular complexity index is 24.3. The van der Waals surface area contributed by atoms with Crippen molar-refractivity contribution < 1.29 is 296 Å². The van der Waals surface area contributed by atoms with E-state index in [1.165, 1.54) is 0 Å². The fraction of sp³-hybridized carbons (Fsp3) is 0. The molecule has 0 aliphatic carbocycles. The van der Waals surface area contributed by atoms with Crippen LogP contribution < -0.4 is 296 Å². The summed E-state index contributed by atoms with van der Waals surface area (Å²) in [6.07, 6.45) is 0. The number of hydrogen-bond donors (Lipinski definition) is 0. The molecule has 48 valence electrons. The zero-order valence-corrected chi connectivity index (χ0v) is 44.8. The van der Waals surface area contributed by atoms with E-state index in [2.05, 4.69) is 0 Å². The van der Waals surface area contributed by atoms with Crippen LogP contribution in [0.15, 0.2) is 0 Å². The Hall–Kier alpha value is 14.2.